The molecule has 0 radical (unpaired) electrons. The second kappa shape index (κ2) is 2.42. The van der Waals surface area contributed by atoms with Gasteiger partial charge in [0.1, 0.15) is 5.76 Å². The minimum atomic E-state index is -0.656. The Hall–Kier alpha value is -0.830. The Bertz CT molecular complexity index is 247. The first kappa shape index (κ1) is 7.28. The molecule has 0 amide bonds. The summed E-state index contributed by atoms with van der Waals surface area (Å²) in [5.41, 5.74) is 0.698. The van der Waals surface area contributed by atoms with E-state index in [4.69, 9.17) is 16.0 Å². The van der Waals surface area contributed by atoms with Crippen LogP contribution in [-0.4, -0.2) is 10.2 Å². The van der Waals surface area contributed by atoms with Crippen LogP contribution in [-0.2, 0) is 0 Å². The summed E-state index contributed by atoms with van der Waals surface area (Å²) in [7, 11) is 0. The smallest absolute Gasteiger partial charge is 0.307 e. The fraction of sp³-hybridized carbons (Fsp3) is 0.333. The maximum atomic E-state index is 10.4. The molecule has 0 spiro atoms. The van der Waals surface area contributed by atoms with Gasteiger partial charge in [0.15, 0.2) is 0 Å². The van der Waals surface area contributed by atoms with E-state index >= 15 is 0 Å². The molecule has 0 aliphatic rings. The van der Waals surface area contributed by atoms with E-state index in [1.165, 1.54) is 0 Å². The first-order chi connectivity index (χ1) is 4.61. The zero-order chi connectivity index (χ0) is 7.72. The van der Waals surface area contributed by atoms with Gasteiger partial charge in [-0.1, -0.05) is 0 Å². The second-order valence-electron chi connectivity index (χ2n) is 1.93. The van der Waals surface area contributed by atoms with Gasteiger partial charge in [-0.3, -0.25) is 4.79 Å². The molecule has 0 unspecified atom stereocenters. The number of hydrogen-bond acceptors (Lipinski definition) is 3. The zero-order valence-electron chi connectivity index (χ0n) is 5.64. The topological polar surface area (TPSA) is 43.1 Å². The number of hydrogen-bond donors (Lipinski definition) is 0. The highest BCUT2D eigenvalue weighted by atomic mass is 35.5. The fourth-order valence-corrected chi connectivity index (χ4v) is 0.638. The van der Waals surface area contributed by atoms with E-state index in [2.05, 4.69) is 4.98 Å². The van der Waals surface area contributed by atoms with Crippen molar-refractivity contribution in [1.82, 2.24) is 4.98 Å². The monoisotopic (exact) mass is 159 g/mol. The van der Waals surface area contributed by atoms with Crippen molar-refractivity contribution in [2.45, 2.75) is 13.8 Å². The van der Waals surface area contributed by atoms with E-state index in [0.29, 0.717) is 11.5 Å². The molecule has 1 heterocycles. The number of nitrogens with zero attached hydrogens (tertiary/aromatic N) is 1. The number of carbonyl (C=O) groups is 1. The number of aryl methyl sites for hydroxylation is 2. The van der Waals surface area contributed by atoms with Crippen molar-refractivity contribution in [1.29, 1.82) is 0 Å². The molecule has 0 aliphatic carbocycles. The standard InChI is InChI=1S/C6H6ClNO2/c1-3-4(2)10-6(8-3)5(7)9/h1-2H3. The van der Waals surface area contributed by atoms with Crippen molar-refractivity contribution < 1.29 is 9.21 Å². The van der Waals surface area contributed by atoms with Crippen LogP contribution in [0.4, 0.5) is 0 Å². The molecule has 54 valence electrons. The van der Waals surface area contributed by atoms with Gasteiger partial charge in [0, 0.05) is 0 Å². The molecule has 0 bridgehead atoms. The Labute approximate surface area is 63.0 Å². The molecule has 0 saturated carbocycles. The van der Waals surface area contributed by atoms with Crippen LogP contribution >= 0.6 is 11.6 Å². The quantitative estimate of drug-likeness (QED) is 0.586. The number of carbonyl (C=O) groups excluding carboxylic acids is 1. The number of halogens is 1. The van der Waals surface area contributed by atoms with Crippen LogP contribution in [0.3, 0.4) is 0 Å². The molecule has 0 saturated heterocycles. The van der Waals surface area contributed by atoms with E-state index in [-0.39, 0.29) is 5.89 Å². The van der Waals surface area contributed by atoms with Crippen LogP contribution in [0, 0.1) is 13.8 Å². The normalized spacial score (nSPS) is 9.90. The SMILES string of the molecule is Cc1nc(C(=O)Cl)oc1C. The minimum absolute atomic E-state index is 0.0309. The molecule has 0 aliphatic heterocycles. The Kier molecular flexibility index (Phi) is 1.76. The maximum absolute atomic E-state index is 10.4. The molecule has 3 nitrogen and oxygen atoms in total. The Balaban J connectivity index is 3.10. The Morgan fingerprint density at radius 1 is 1.60 bits per heavy atom. The summed E-state index contributed by atoms with van der Waals surface area (Å²) in [6.07, 6.45) is 0. The zero-order valence-corrected chi connectivity index (χ0v) is 6.40. The third-order valence-electron chi connectivity index (χ3n) is 1.20. The third kappa shape index (κ3) is 1.19. The van der Waals surface area contributed by atoms with Crippen LogP contribution < -0.4 is 0 Å². The summed E-state index contributed by atoms with van der Waals surface area (Å²) in [5, 5.41) is -0.656. The van der Waals surface area contributed by atoms with Crippen LogP contribution in [0.5, 0.6) is 0 Å². The number of aromatic nitrogens is 1. The molecule has 10 heavy (non-hydrogen) atoms. The predicted octanol–water partition coefficient (Wildman–Crippen LogP) is 1.67. The molecule has 1 aromatic heterocycles. The summed E-state index contributed by atoms with van der Waals surface area (Å²) in [6, 6.07) is 0. The summed E-state index contributed by atoms with van der Waals surface area (Å²) in [4.78, 5) is 14.2. The maximum Gasteiger partial charge on any atom is 0.307 e. The van der Waals surface area contributed by atoms with Crippen molar-refractivity contribution in [2.24, 2.45) is 0 Å². The van der Waals surface area contributed by atoms with Crippen molar-refractivity contribution in [2.75, 3.05) is 0 Å². The lowest BCUT2D eigenvalue weighted by Gasteiger charge is -1.79. The molecule has 1 aromatic rings. The van der Waals surface area contributed by atoms with Crippen LogP contribution in [0.25, 0.3) is 0 Å². The Morgan fingerprint density at radius 2 is 2.20 bits per heavy atom. The number of rotatable bonds is 1. The van der Waals surface area contributed by atoms with E-state index in [1.807, 2.05) is 0 Å². The van der Waals surface area contributed by atoms with Gasteiger partial charge in [0.2, 0.25) is 0 Å². The Morgan fingerprint density at radius 3 is 2.40 bits per heavy atom. The summed E-state index contributed by atoms with van der Waals surface area (Å²) < 4.78 is 4.88. The highest BCUT2D eigenvalue weighted by Crippen LogP contribution is 2.09. The molecule has 0 atom stereocenters. The molecule has 4 heteroatoms. The molecule has 0 fully saturated rings. The minimum Gasteiger partial charge on any atom is -0.438 e. The van der Waals surface area contributed by atoms with E-state index in [1.54, 1.807) is 13.8 Å². The highest BCUT2D eigenvalue weighted by molar-refractivity contribution is 6.67. The summed E-state index contributed by atoms with van der Waals surface area (Å²) >= 11 is 5.09. The lowest BCUT2D eigenvalue weighted by molar-refractivity contribution is 0.105. The molecule has 1 rings (SSSR count). The van der Waals surface area contributed by atoms with Crippen molar-refractivity contribution in [3.8, 4) is 0 Å². The van der Waals surface area contributed by atoms with Gasteiger partial charge in [0.05, 0.1) is 5.69 Å². The van der Waals surface area contributed by atoms with Gasteiger partial charge in [-0.05, 0) is 25.4 Å². The summed E-state index contributed by atoms with van der Waals surface area (Å²) in [6.45, 7) is 3.48. The van der Waals surface area contributed by atoms with E-state index < -0.39 is 5.24 Å². The molecule has 0 aromatic carbocycles. The van der Waals surface area contributed by atoms with Crippen molar-refractivity contribution in [3.63, 3.8) is 0 Å². The number of oxazole rings is 1. The molecular weight excluding hydrogens is 154 g/mol. The van der Waals surface area contributed by atoms with Crippen LogP contribution in [0.2, 0.25) is 0 Å². The summed E-state index contributed by atoms with van der Waals surface area (Å²) in [5.74, 6) is 0.598. The van der Waals surface area contributed by atoms with Crippen LogP contribution in [0.15, 0.2) is 4.42 Å². The predicted molar refractivity (Wildman–Crippen MR) is 36.2 cm³/mol. The first-order valence-electron chi connectivity index (χ1n) is 2.75. The van der Waals surface area contributed by atoms with Gasteiger partial charge in [-0.25, -0.2) is 4.98 Å². The van der Waals surface area contributed by atoms with Gasteiger partial charge >= 0.3 is 5.24 Å². The van der Waals surface area contributed by atoms with Gasteiger partial charge in [-0.15, -0.1) is 0 Å². The lowest BCUT2D eigenvalue weighted by Crippen LogP contribution is -1.86. The van der Waals surface area contributed by atoms with Crippen LogP contribution in [0.1, 0.15) is 22.1 Å². The largest absolute Gasteiger partial charge is 0.438 e. The van der Waals surface area contributed by atoms with Crippen molar-refractivity contribution >= 4 is 16.8 Å². The average molecular weight is 160 g/mol. The molecule has 0 N–H and O–H groups in total. The van der Waals surface area contributed by atoms with E-state index in [0.717, 1.165) is 0 Å². The second-order valence-corrected chi connectivity index (χ2v) is 2.28. The van der Waals surface area contributed by atoms with Crippen molar-refractivity contribution in [3.05, 3.63) is 17.3 Å². The van der Waals surface area contributed by atoms with Gasteiger partial charge < -0.3 is 4.42 Å². The lowest BCUT2D eigenvalue weighted by atomic mass is 10.4. The fourth-order valence-electron chi connectivity index (χ4n) is 0.557. The van der Waals surface area contributed by atoms with Gasteiger partial charge in [-0.2, -0.15) is 0 Å². The van der Waals surface area contributed by atoms with E-state index in [9.17, 15) is 4.79 Å². The molecular formula is C6H6ClNO2. The first-order valence-corrected chi connectivity index (χ1v) is 3.13. The van der Waals surface area contributed by atoms with Gasteiger partial charge in [0.25, 0.3) is 5.89 Å². The average Bonchev–Trinajstić information content (AvgIpc) is 2.13. The third-order valence-corrected chi connectivity index (χ3v) is 1.36. The highest BCUT2D eigenvalue weighted by Gasteiger charge is 2.10.